The van der Waals surface area contributed by atoms with Gasteiger partial charge in [-0.25, -0.2) is 0 Å². The first-order valence-corrected chi connectivity index (χ1v) is 14.4. The van der Waals surface area contributed by atoms with Crippen molar-refractivity contribution < 1.29 is 4.42 Å². The molecule has 0 bridgehead atoms. The zero-order valence-electron chi connectivity index (χ0n) is 22.5. The minimum Gasteiger partial charge on any atom is -0.456 e. The molecular weight excluding hydrogens is 501 g/mol. The first-order chi connectivity index (χ1) is 20.3. The van der Waals surface area contributed by atoms with Crippen molar-refractivity contribution in [2.24, 2.45) is 5.92 Å². The first kappa shape index (κ1) is 21.8. The largest absolute Gasteiger partial charge is 0.456 e. The van der Waals surface area contributed by atoms with E-state index < -0.39 is 0 Å². The van der Waals surface area contributed by atoms with Gasteiger partial charge in [-0.3, -0.25) is 4.98 Å². The molecule has 5 heteroatoms. The van der Waals surface area contributed by atoms with Crippen molar-refractivity contribution in [3.63, 3.8) is 0 Å². The summed E-state index contributed by atoms with van der Waals surface area (Å²) in [6.45, 7) is 2.48. The monoisotopic (exact) mass is 525 g/mol. The van der Waals surface area contributed by atoms with E-state index in [0.717, 1.165) is 16.9 Å². The van der Waals surface area contributed by atoms with Crippen LogP contribution in [0.5, 0.6) is 0 Å². The van der Waals surface area contributed by atoms with Gasteiger partial charge in [0.05, 0.1) is 17.4 Å². The number of fused-ring (bicyclic) bond motifs is 14. The molecule has 41 heavy (non-hydrogen) atoms. The van der Waals surface area contributed by atoms with Crippen molar-refractivity contribution in [1.82, 2.24) is 9.46 Å². The van der Waals surface area contributed by atoms with Crippen LogP contribution in [0.4, 0.5) is 5.69 Å². The summed E-state index contributed by atoms with van der Waals surface area (Å²) in [5, 5.41) is 3.66. The van der Waals surface area contributed by atoms with E-state index in [9.17, 15) is 0 Å². The molecule has 4 nitrogen and oxygen atoms in total. The van der Waals surface area contributed by atoms with Crippen molar-refractivity contribution in [1.29, 1.82) is 0 Å². The molecule has 0 spiro atoms. The molecule has 2 aliphatic heterocycles. The van der Waals surface area contributed by atoms with E-state index in [2.05, 4.69) is 119 Å². The number of rotatable bonds is 1. The van der Waals surface area contributed by atoms with Gasteiger partial charge in [0.1, 0.15) is 11.2 Å². The second kappa shape index (κ2) is 7.58. The number of aromatic nitrogens is 2. The van der Waals surface area contributed by atoms with Crippen LogP contribution in [0.1, 0.15) is 29.8 Å². The fraction of sp³-hybridized carbons (Fsp3) is 0.0833. The van der Waals surface area contributed by atoms with Gasteiger partial charge in [0.15, 0.2) is 0 Å². The van der Waals surface area contributed by atoms with E-state index in [4.69, 9.17) is 9.40 Å². The molecule has 0 amide bonds. The average Bonchev–Trinajstić information content (AvgIpc) is 3.68. The summed E-state index contributed by atoms with van der Waals surface area (Å²) < 4.78 is 8.79. The highest BCUT2D eigenvalue weighted by Crippen LogP contribution is 2.55. The molecule has 2 atom stereocenters. The molecule has 3 aromatic heterocycles. The highest BCUT2D eigenvalue weighted by Gasteiger charge is 2.53. The lowest BCUT2D eigenvalue weighted by Crippen LogP contribution is -2.53. The molecule has 0 saturated heterocycles. The van der Waals surface area contributed by atoms with E-state index in [0.29, 0.717) is 0 Å². The van der Waals surface area contributed by atoms with Gasteiger partial charge in [-0.15, -0.1) is 0 Å². The number of anilines is 1. The van der Waals surface area contributed by atoms with Crippen LogP contribution >= 0.6 is 0 Å². The lowest BCUT2D eigenvalue weighted by atomic mass is 9.60. The smallest absolute Gasteiger partial charge is 0.417 e. The Labute approximate surface area is 237 Å². The number of pyridine rings is 1. The Kier molecular flexibility index (Phi) is 4.02. The first-order valence-electron chi connectivity index (χ1n) is 14.4. The quantitative estimate of drug-likeness (QED) is 0.204. The average molecular weight is 525 g/mol. The van der Waals surface area contributed by atoms with Gasteiger partial charge >= 0.3 is 6.98 Å². The fourth-order valence-electron chi connectivity index (χ4n) is 7.94. The molecular formula is C36H24BN3O. The van der Waals surface area contributed by atoms with Gasteiger partial charge in [-0.1, -0.05) is 73.7 Å². The van der Waals surface area contributed by atoms with Crippen molar-refractivity contribution in [2.75, 3.05) is 4.81 Å². The molecule has 5 heterocycles. The molecule has 10 rings (SSSR count). The number of nitrogens with zero attached hydrogens (tertiary/aromatic N) is 3. The normalized spacial score (nSPS) is 18.4. The van der Waals surface area contributed by atoms with Gasteiger partial charge in [-0.05, 0) is 59.1 Å². The molecule has 192 valence electrons. The molecule has 4 aromatic carbocycles. The maximum absolute atomic E-state index is 6.18. The van der Waals surface area contributed by atoms with Crippen LogP contribution in [-0.2, 0) is 0 Å². The molecule has 0 saturated carbocycles. The number of furan rings is 1. The third-order valence-corrected chi connectivity index (χ3v) is 9.61. The summed E-state index contributed by atoms with van der Waals surface area (Å²) in [6, 6.07) is 37.3. The van der Waals surface area contributed by atoms with E-state index in [-0.39, 0.29) is 18.9 Å². The number of para-hydroxylation sites is 2. The summed E-state index contributed by atoms with van der Waals surface area (Å²) in [5.41, 5.74) is 13.4. The molecule has 0 fully saturated rings. The SMILES string of the molecule is CC1C(c2ccc3oc4ccccc4c3c2)=Cc2c3n(c4ccccc24)B2c4ccccc4-c4ncccc4N2C31. The molecule has 0 radical (unpaired) electrons. The summed E-state index contributed by atoms with van der Waals surface area (Å²) in [7, 11) is 0. The molecule has 7 aromatic rings. The molecule has 2 unspecified atom stereocenters. The molecule has 0 N–H and O–H groups in total. The van der Waals surface area contributed by atoms with Crippen LogP contribution in [0.15, 0.2) is 114 Å². The number of hydrogen-bond donors (Lipinski definition) is 0. The lowest BCUT2D eigenvalue weighted by molar-refractivity contribution is 0.581. The Hall–Kier alpha value is -5.03. The van der Waals surface area contributed by atoms with Crippen molar-refractivity contribution >= 4 is 62.6 Å². The maximum atomic E-state index is 6.18. The predicted molar refractivity (Wildman–Crippen MR) is 168 cm³/mol. The summed E-state index contributed by atoms with van der Waals surface area (Å²) in [4.78, 5) is 7.58. The number of hydrogen-bond acceptors (Lipinski definition) is 3. The highest BCUT2D eigenvalue weighted by atomic mass is 16.3. The van der Waals surface area contributed by atoms with Crippen molar-refractivity contribution in [3.05, 3.63) is 126 Å². The molecule has 1 aliphatic carbocycles. The summed E-state index contributed by atoms with van der Waals surface area (Å²) in [5.74, 6) is 0.254. The second-order valence-corrected chi connectivity index (χ2v) is 11.6. The summed E-state index contributed by atoms with van der Waals surface area (Å²) >= 11 is 0. The van der Waals surface area contributed by atoms with Crippen LogP contribution in [0, 0.1) is 5.92 Å². The Bertz CT molecular complexity index is 2270. The second-order valence-electron chi connectivity index (χ2n) is 11.6. The van der Waals surface area contributed by atoms with Gasteiger partial charge in [-0.2, -0.15) is 0 Å². The standard InChI is InChI=1S/C36H24BN3O/c1-21-26(22-16-17-33-27(19-22)24-10-4-7-15-32(24)41-33)20-28-23-9-3-6-13-30(23)39-36(28)35(21)40-31-14-8-18-38-34(31)25-11-2-5-12-29(25)37(39)40/h2-21,35H,1H3. The molecule has 3 aliphatic rings. The van der Waals surface area contributed by atoms with E-state index in [1.54, 1.807) is 0 Å². The third-order valence-electron chi connectivity index (χ3n) is 9.61. The Morgan fingerprint density at radius 2 is 1.59 bits per heavy atom. The van der Waals surface area contributed by atoms with Gasteiger partial charge in [0.2, 0.25) is 0 Å². The lowest BCUT2D eigenvalue weighted by Gasteiger charge is -2.40. The van der Waals surface area contributed by atoms with Crippen LogP contribution < -0.4 is 10.3 Å². The van der Waals surface area contributed by atoms with E-state index in [1.165, 1.54) is 60.8 Å². The fourth-order valence-corrected chi connectivity index (χ4v) is 7.94. The zero-order valence-corrected chi connectivity index (χ0v) is 22.5. The Morgan fingerprint density at radius 3 is 2.54 bits per heavy atom. The van der Waals surface area contributed by atoms with Crippen LogP contribution in [0.3, 0.4) is 0 Å². The zero-order chi connectivity index (χ0) is 26.8. The van der Waals surface area contributed by atoms with Gasteiger partial charge < -0.3 is 13.7 Å². The third kappa shape index (κ3) is 2.64. The Morgan fingerprint density at radius 1 is 0.780 bits per heavy atom. The van der Waals surface area contributed by atoms with Crippen molar-refractivity contribution in [3.8, 4) is 11.3 Å². The Balaban J connectivity index is 1.26. The summed E-state index contributed by atoms with van der Waals surface area (Å²) in [6.07, 6.45) is 4.39. The van der Waals surface area contributed by atoms with E-state index in [1.807, 2.05) is 12.3 Å². The topological polar surface area (TPSA) is 34.2 Å². The minimum atomic E-state index is 0.0806. The van der Waals surface area contributed by atoms with Crippen LogP contribution in [0.25, 0.3) is 55.7 Å². The minimum absolute atomic E-state index is 0.0806. The highest BCUT2D eigenvalue weighted by molar-refractivity contribution is 6.79. The van der Waals surface area contributed by atoms with Gasteiger partial charge in [0, 0.05) is 50.6 Å². The van der Waals surface area contributed by atoms with Crippen LogP contribution in [-0.4, -0.2) is 16.4 Å². The van der Waals surface area contributed by atoms with Crippen LogP contribution in [0.2, 0.25) is 0 Å². The van der Waals surface area contributed by atoms with Crippen molar-refractivity contribution in [2.45, 2.75) is 13.0 Å². The number of benzene rings is 4. The van der Waals surface area contributed by atoms with Gasteiger partial charge in [0.25, 0.3) is 0 Å². The maximum Gasteiger partial charge on any atom is 0.417 e. The van der Waals surface area contributed by atoms with E-state index >= 15 is 0 Å². The predicted octanol–water partition coefficient (Wildman–Crippen LogP) is 7.91.